The number of ether oxygens (including phenoxy) is 4. The highest BCUT2D eigenvalue weighted by Gasteiger charge is 2.19. The van der Waals surface area contributed by atoms with Crippen LogP contribution in [-0.4, -0.2) is 43.8 Å². The van der Waals surface area contributed by atoms with Crippen LogP contribution in [0.3, 0.4) is 0 Å². The van der Waals surface area contributed by atoms with Gasteiger partial charge in [-0.1, -0.05) is 23.2 Å². The summed E-state index contributed by atoms with van der Waals surface area (Å²) in [5.74, 6) is 0.190. The quantitative estimate of drug-likeness (QED) is 0.400. The van der Waals surface area contributed by atoms with Gasteiger partial charge in [-0.2, -0.15) is 0 Å². The molecule has 0 radical (unpaired) electrons. The predicted octanol–water partition coefficient (Wildman–Crippen LogP) is 5.08. The Hall–Kier alpha value is -3.01. The van der Waals surface area contributed by atoms with E-state index in [1.165, 1.54) is 24.3 Å². The molecule has 8 nitrogen and oxygen atoms in total. The standard InChI is InChI=1S/C22H20Cl2N2O6S/c1-12(32-17-7-5-14(23)9-15(17)24)21(28)31-10-20(27)26-22-25-16(11-33-22)13-4-6-18(29-2)19(8-13)30-3/h4-9,11-12H,10H2,1-3H3,(H,25,26,27). The molecule has 33 heavy (non-hydrogen) atoms. The third-order valence-electron chi connectivity index (χ3n) is 4.30. The molecule has 3 aromatic rings. The highest BCUT2D eigenvalue weighted by atomic mass is 35.5. The van der Waals surface area contributed by atoms with Crippen LogP contribution in [0.4, 0.5) is 5.13 Å². The number of methoxy groups -OCH3 is 2. The van der Waals surface area contributed by atoms with Crippen LogP contribution in [0.5, 0.6) is 17.2 Å². The van der Waals surface area contributed by atoms with E-state index in [-0.39, 0.29) is 10.8 Å². The number of nitrogens with one attached hydrogen (secondary N) is 1. The molecule has 0 bridgehead atoms. The fourth-order valence-electron chi connectivity index (χ4n) is 2.68. The van der Waals surface area contributed by atoms with Gasteiger partial charge in [0.25, 0.3) is 5.91 Å². The molecule has 0 spiro atoms. The lowest BCUT2D eigenvalue weighted by Crippen LogP contribution is -2.29. The maximum Gasteiger partial charge on any atom is 0.347 e. The number of hydrogen-bond donors (Lipinski definition) is 1. The van der Waals surface area contributed by atoms with Gasteiger partial charge in [-0.05, 0) is 43.3 Å². The van der Waals surface area contributed by atoms with Crippen molar-refractivity contribution in [2.45, 2.75) is 13.0 Å². The highest BCUT2D eigenvalue weighted by Crippen LogP contribution is 2.33. The average molecular weight is 511 g/mol. The second-order valence-corrected chi connectivity index (χ2v) is 8.30. The van der Waals surface area contributed by atoms with E-state index in [1.54, 1.807) is 43.9 Å². The summed E-state index contributed by atoms with van der Waals surface area (Å²) in [6, 6.07) is 10.0. The number of nitrogens with zero attached hydrogens (tertiary/aromatic N) is 1. The van der Waals surface area contributed by atoms with Crippen LogP contribution in [0.25, 0.3) is 11.3 Å². The number of anilines is 1. The van der Waals surface area contributed by atoms with E-state index in [9.17, 15) is 9.59 Å². The summed E-state index contributed by atoms with van der Waals surface area (Å²) in [6.07, 6.45) is -0.979. The molecule has 0 saturated carbocycles. The zero-order valence-electron chi connectivity index (χ0n) is 17.9. The van der Waals surface area contributed by atoms with Crippen LogP contribution in [0.1, 0.15) is 6.92 Å². The Morgan fingerprint density at radius 1 is 1.06 bits per heavy atom. The topological polar surface area (TPSA) is 96.0 Å². The van der Waals surface area contributed by atoms with E-state index in [1.807, 2.05) is 6.07 Å². The maximum atomic E-state index is 12.2. The maximum absolute atomic E-state index is 12.2. The van der Waals surface area contributed by atoms with Crippen molar-refractivity contribution in [3.63, 3.8) is 0 Å². The SMILES string of the molecule is COc1ccc(-c2csc(NC(=O)COC(=O)C(C)Oc3ccc(Cl)cc3Cl)n2)cc1OC. The molecule has 1 aromatic heterocycles. The minimum Gasteiger partial charge on any atom is -0.493 e. The van der Waals surface area contributed by atoms with Crippen molar-refractivity contribution in [1.29, 1.82) is 0 Å². The van der Waals surface area contributed by atoms with E-state index in [0.29, 0.717) is 27.3 Å². The van der Waals surface area contributed by atoms with Crippen molar-refractivity contribution in [3.05, 3.63) is 51.8 Å². The number of benzene rings is 2. The van der Waals surface area contributed by atoms with Gasteiger partial charge in [-0.15, -0.1) is 11.3 Å². The van der Waals surface area contributed by atoms with Gasteiger partial charge in [-0.3, -0.25) is 10.1 Å². The molecule has 0 aliphatic carbocycles. The number of aromatic nitrogens is 1. The summed E-state index contributed by atoms with van der Waals surface area (Å²) in [5.41, 5.74) is 1.44. The van der Waals surface area contributed by atoms with Crippen LogP contribution >= 0.6 is 34.5 Å². The minimum absolute atomic E-state index is 0.258. The predicted molar refractivity (Wildman–Crippen MR) is 127 cm³/mol. The Bertz CT molecular complexity index is 1150. The molecule has 0 aliphatic rings. The van der Waals surface area contributed by atoms with Crippen molar-refractivity contribution in [2.24, 2.45) is 0 Å². The van der Waals surface area contributed by atoms with E-state index < -0.39 is 24.6 Å². The molecule has 1 atom stereocenters. The second-order valence-electron chi connectivity index (χ2n) is 6.60. The summed E-state index contributed by atoms with van der Waals surface area (Å²) >= 11 is 13.1. The van der Waals surface area contributed by atoms with E-state index in [2.05, 4.69) is 10.3 Å². The molecule has 11 heteroatoms. The third kappa shape index (κ3) is 6.50. The second kappa shape index (κ2) is 11.2. The van der Waals surface area contributed by atoms with Crippen molar-refractivity contribution in [1.82, 2.24) is 4.98 Å². The molecule has 0 fully saturated rings. The summed E-state index contributed by atoms with van der Waals surface area (Å²) in [6.45, 7) is 0.994. The molecule has 1 unspecified atom stereocenters. The third-order valence-corrected chi connectivity index (χ3v) is 5.59. The number of carbonyl (C=O) groups is 2. The van der Waals surface area contributed by atoms with Gasteiger partial charge in [0.05, 0.1) is 24.9 Å². The number of hydrogen-bond acceptors (Lipinski definition) is 8. The zero-order chi connectivity index (χ0) is 24.0. The first-order valence-corrected chi connectivity index (χ1v) is 11.2. The fourth-order valence-corrected chi connectivity index (χ4v) is 3.87. The van der Waals surface area contributed by atoms with Gasteiger partial charge >= 0.3 is 5.97 Å². The number of rotatable bonds is 9. The Balaban J connectivity index is 1.53. The molecular weight excluding hydrogens is 491 g/mol. The number of carbonyl (C=O) groups excluding carboxylic acids is 2. The fraction of sp³-hybridized carbons (Fsp3) is 0.227. The van der Waals surface area contributed by atoms with E-state index in [0.717, 1.165) is 5.56 Å². The van der Waals surface area contributed by atoms with Crippen LogP contribution < -0.4 is 19.5 Å². The summed E-state index contributed by atoms with van der Waals surface area (Å²) < 4.78 is 21.0. The van der Waals surface area contributed by atoms with E-state index in [4.69, 9.17) is 42.1 Å². The Morgan fingerprint density at radius 2 is 1.79 bits per heavy atom. The molecule has 0 aliphatic heterocycles. The zero-order valence-corrected chi connectivity index (χ0v) is 20.2. The lowest BCUT2D eigenvalue weighted by atomic mass is 10.1. The first-order valence-electron chi connectivity index (χ1n) is 9.56. The van der Waals surface area contributed by atoms with Crippen molar-refractivity contribution in [3.8, 4) is 28.5 Å². The molecule has 174 valence electrons. The molecule has 0 saturated heterocycles. The lowest BCUT2D eigenvalue weighted by Gasteiger charge is -2.14. The summed E-state index contributed by atoms with van der Waals surface area (Å²) in [7, 11) is 3.10. The Kier molecular flexibility index (Phi) is 8.37. The molecule has 1 amide bonds. The van der Waals surface area contributed by atoms with Gasteiger partial charge in [0, 0.05) is 16.0 Å². The minimum atomic E-state index is -0.979. The van der Waals surface area contributed by atoms with Gasteiger partial charge in [-0.25, -0.2) is 9.78 Å². The van der Waals surface area contributed by atoms with Crippen molar-refractivity contribution >= 4 is 51.5 Å². The highest BCUT2D eigenvalue weighted by molar-refractivity contribution is 7.14. The lowest BCUT2D eigenvalue weighted by molar-refractivity contribution is -0.153. The Morgan fingerprint density at radius 3 is 2.48 bits per heavy atom. The summed E-state index contributed by atoms with van der Waals surface area (Å²) in [5, 5.41) is 5.45. The van der Waals surface area contributed by atoms with Crippen LogP contribution in [-0.2, 0) is 14.3 Å². The van der Waals surface area contributed by atoms with Gasteiger partial charge in [0.2, 0.25) is 0 Å². The van der Waals surface area contributed by atoms with Crippen LogP contribution in [0, 0.1) is 0 Å². The number of thiazole rings is 1. The number of halogens is 2. The smallest absolute Gasteiger partial charge is 0.347 e. The monoisotopic (exact) mass is 510 g/mol. The van der Waals surface area contributed by atoms with Crippen LogP contribution in [0.15, 0.2) is 41.8 Å². The average Bonchev–Trinajstić information content (AvgIpc) is 3.27. The molecule has 1 N–H and O–H groups in total. The van der Waals surface area contributed by atoms with E-state index >= 15 is 0 Å². The van der Waals surface area contributed by atoms with Crippen molar-refractivity contribution in [2.75, 3.05) is 26.1 Å². The normalized spacial score (nSPS) is 11.4. The van der Waals surface area contributed by atoms with Gasteiger partial charge < -0.3 is 18.9 Å². The first kappa shape index (κ1) is 24.6. The summed E-state index contributed by atoms with van der Waals surface area (Å²) in [4.78, 5) is 28.7. The van der Waals surface area contributed by atoms with Gasteiger partial charge in [0.15, 0.2) is 29.3 Å². The van der Waals surface area contributed by atoms with Crippen LogP contribution in [0.2, 0.25) is 10.0 Å². The molecule has 3 rings (SSSR count). The molecule has 1 heterocycles. The van der Waals surface area contributed by atoms with Gasteiger partial charge in [0.1, 0.15) is 5.75 Å². The molecule has 2 aromatic carbocycles. The Labute approximate surface area is 204 Å². The number of esters is 1. The van der Waals surface area contributed by atoms with Crippen molar-refractivity contribution < 1.29 is 28.5 Å². The largest absolute Gasteiger partial charge is 0.493 e. The molecular formula is C22H20Cl2N2O6S. The first-order chi connectivity index (χ1) is 15.8. The number of amides is 1.